The average molecular weight is 250 g/mol. The lowest BCUT2D eigenvalue weighted by molar-refractivity contribution is -0.136. The van der Waals surface area contributed by atoms with E-state index in [2.05, 4.69) is 14.7 Å². The van der Waals surface area contributed by atoms with Crippen molar-refractivity contribution in [1.82, 2.24) is 10.1 Å². The molecular formula is C11H7FN2O4. The molecule has 0 bridgehead atoms. The molecule has 18 heavy (non-hydrogen) atoms. The van der Waals surface area contributed by atoms with Gasteiger partial charge in [0.2, 0.25) is 17.5 Å². The highest BCUT2D eigenvalue weighted by molar-refractivity contribution is 6.06. The van der Waals surface area contributed by atoms with Crippen LogP contribution < -0.4 is 0 Å². The van der Waals surface area contributed by atoms with Crippen LogP contribution in [0.5, 0.6) is 0 Å². The number of halogens is 1. The van der Waals surface area contributed by atoms with E-state index in [0.717, 1.165) is 12.1 Å². The fourth-order valence-electron chi connectivity index (χ4n) is 1.28. The first-order valence-electron chi connectivity index (χ1n) is 4.91. The SMILES string of the molecule is O=C(O)Cc1nc(C(=O)c2ccc(F)cc2)no1. The fourth-order valence-corrected chi connectivity index (χ4v) is 1.28. The van der Waals surface area contributed by atoms with Crippen molar-refractivity contribution in [3.8, 4) is 0 Å². The first-order chi connectivity index (χ1) is 8.56. The quantitative estimate of drug-likeness (QED) is 0.815. The topological polar surface area (TPSA) is 93.3 Å². The summed E-state index contributed by atoms with van der Waals surface area (Å²) in [4.78, 5) is 25.8. The Balaban J connectivity index is 2.21. The molecule has 2 rings (SSSR count). The molecule has 0 saturated heterocycles. The second kappa shape index (κ2) is 4.74. The van der Waals surface area contributed by atoms with Crippen LogP contribution in [0.4, 0.5) is 4.39 Å². The second-order valence-electron chi connectivity index (χ2n) is 3.42. The van der Waals surface area contributed by atoms with Crippen molar-refractivity contribution in [1.29, 1.82) is 0 Å². The Morgan fingerprint density at radius 1 is 1.28 bits per heavy atom. The predicted molar refractivity (Wildman–Crippen MR) is 55.5 cm³/mol. The molecule has 0 spiro atoms. The number of carboxylic acid groups (broad SMARTS) is 1. The van der Waals surface area contributed by atoms with Gasteiger partial charge in [0.05, 0.1) is 0 Å². The van der Waals surface area contributed by atoms with Crippen LogP contribution in [0.15, 0.2) is 28.8 Å². The van der Waals surface area contributed by atoms with Crippen LogP contribution in [-0.2, 0) is 11.2 Å². The number of nitrogens with zero attached hydrogens (tertiary/aromatic N) is 2. The number of carbonyl (C=O) groups is 2. The minimum absolute atomic E-state index is 0.159. The van der Waals surface area contributed by atoms with Gasteiger partial charge < -0.3 is 9.63 Å². The van der Waals surface area contributed by atoms with Crippen molar-refractivity contribution in [2.45, 2.75) is 6.42 Å². The van der Waals surface area contributed by atoms with Crippen molar-refractivity contribution >= 4 is 11.8 Å². The van der Waals surface area contributed by atoms with E-state index < -0.39 is 24.0 Å². The Labute approximate surface area is 100 Å². The van der Waals surface area contributed by atoms with Gasteiger partial charge in [-0.3, -0.25) is 9.59 Å². The van der Waals surface area contributed by atoms with E-state index in [9.17, 15) is 14.0 Å². The summed E-state index contributed by atoms with van der Waals surface area (Å²) in [6.45, 7) is 0. The summed E-state index contributed by atoms with van der Waals surface area (Å²) in [5.74, 6) is -2.58. The van der Waals surface area contributed by atoms with Crippen molar-refractivity contribution in [2.24, 2.45) is 0 Å². The molecule has 1 aromatic carbocycles. The third kappa shape index (κ3) is 2.57. The lowest BCUT2D eigenvalue weighted by atomic mass is 10.1. The van der Waals surface area contributed by atoms with Gasteiger partial charge in [-0.05, 0) is 24.3 Å². The van der Waals surface area contributed by atoms with E-state index in [1.165, 1.54) is 12.1 Å². The molecule has 1 aromatic heterocycles. The standard InChI is InChI=1S/C11H7FN2O4/c12-7-3-1-6(2-4-7)10(17)11-13-8(18-14-11)5-9(15)16/h1-4H,5H2,(H,15,16). The third-order valence-electron chi connectivity index (χ3n) is 2.08. The van der Waals surface area contributed by atoms with Crippen LogP contribution in [0.1, 0.15) is 22.1 Å². The molecule has 6 nitrogen and oxygen atoms in total. The highest BCUT2D eigenvalue weighted by Crippen LogP contribution is 2.09. The van der Waals surface area contributed by atoms with Gasteiger partial charge in [-0.1, -0.05) is 5.16 Å². The number of hydrogen-bond acceptors (Lipinski definition) is 5. The fraction of sp³-hybridized carbons (Fsp3) is 0.0909. The van der Waals surface area contributed by atoms with Crippen LogP contribution in [0.2, 0.25) is 0 Å². The molecule has 0 atom stereocenters. The Bertz CT molecular complexity index is 591. The van der Waals surface area contributed by atoms with Gasteiger partial charge in [0.1, 0.15) is 12.2 Å². The summed E-state index contributed by atoms with van der Waals surface area (Å²) in [5.41, 5.74) is 0.194. The minimum atomic E-state index is -1.14. The molecule has 0 amide bonds. The summed E-state index contributed by atoms with van der Waals surface area (Å²) in [6.07, 6.45) is -0.455. The van der Waals surface area contributed by atoms with Gasteiger partial charge in [-0.15, -0.1) is 0 Å². The molecule has 7 heteroatoms. The molecule has 92 valence electrons. The van der Waals surface area contributed by atoms with E-state index in [1.807, 2.05) is 0 Å². The number of benzene rings is 1. The number of rotatable bonds is 4. The normalized spacial score (nSPS) is 10.3. The molecule has 1 heterocycles. The maximum Gasteiger partial charge on any atom is 0.312 e. The molecule has 0 saturated carbocycles. The van der Waals surface area contributed by atoms with Crippen molar-refractivity contribution in [3.63, 3.8) is 0 Å². The Kier molecular flexibility index (Phi) is 3.13. The highest BCUT2D eigenvalue weighted by atomic mass is 19.1. The first kappa shape index (κ1) is 11.9. The van der Waals surface area contributed by atoms with E-state index in [0.29, 0.717) is 0 Å². The number of carbonyl (C=O) groups excluding carboxylic acids is 1. The molecule has 1 N–H and O–H groups in total. The van der Waals surface area contributed by atoms with Crippen molar-refractivity contribution in [3.05, 3.63) is 47.4 Å². The van der Waals surface area contributed by atoms with Gasteiger partial charge in [0.25, 0.3) is 0 Å². The maximum absolute atomic E-state index is 12.7. The number of aromatic nitrogens is 2. The second-order valence-corrected chi connectivity index (χ2v) is 3.42. The summed E-state index contributed by atoms with van der Waals surface area (Å²) in [6, 6.07) is 4.83. The monoisotopic (exact) mass is 250 g/mol. The first-order valence-corrected chi connectivity index (χ1v) is 4.91. The molecule has 0 unspecified atom stereocenters. The summed E-state index contributed by atoms with van der Waals surface area (Å²) in [7, 11) is 0. The van der Waals surface area contributed by atoms with E-state index in [-0.39, 0.29) is 17.3 Å². The predicted octanol–water partition coefficient (Wildman–Crippen LogP) is 1.07. The van der Waals surface area contributed by atoms with Crippen LogP contribution >= 0.6 is 0 Å². The highest BCUT2D eigenvalue weighted by Gasteiger charge is 2.17. The van der Waals surface area contributed by atoms with Crippen LogP contribution in [-0.4, -0.2) is 27.0 Å². The number of aliphatic carboxylic acids is 1. The van der Waals surface area contributed by atoms with Gasteiger partial charge in [0.15, 0.2) is 0 Å². The lowest BCUT2D eigenvalue weighted by Crippen LogP contribution is -2.05. The van der Waals surface area contributed by atoms with Crippen LogP contribution in [0.25, 0.3) is 0 Å². The lowest BCUT2D eigenvalue weighted by Gasteiger charge is -1.94. The minimum Gasteiger partial charge on any atom is -0.481 e. The summed E-state index contributed by atoms with van der Waals surface area (Å²) >= 11 is 0. The van der Waals surface area contributed by atoms with Gasteiger partial charge in [-0.2, -0.15) is 4.98 Å². The van der Waals surface area contributed by atoms with Crippen LogP contribution in [0.3, 0.4) is 0 Å². The van der Waals surface area contributed by atoms with Crippen molar-refractivity contribution < 1.29 is 23.6 Å². The van der Waals surface area contributed by atoms with E-state index in [4.69, 9.17) is 5.11 Å². The maximum atomic E-state index is 12.7. The summed E-state index contributed by atoms with van der Waals surface area (Å²) < 4.78 is 17.3. The zero-order chi connectivity index (χ0) is 13.1. The summed E-state index contributed by atoms with van der Waals surface area (Å²) in [5, 5.41) is 11.9. The van der Waals surface area contributed by atoms with Crippen molar-refractivity contribution in [2.75, 3.05) is 0 Å². The number of carboxylic acids is 1. The zero-order valence-electron chi connectivity index (χ0n) is 8.96. The molecule has 0 aliphatic carbocycles. The largest absolute Gasteiger partial charge is 0.481 e. The molecule has 0 radical (unpaired) electrons. The molecule has 0 fully saturated rings. The van der Waals surface area contributed by atoms with E-state index >= 15 is 0 Å². The smallest absolute Gasteiger partial charge is 0.312 e. The van der Waals surface area contributed by atoms with Gasteiger partial charge >= 0.3 is 5.97 Å². The van der Waals surface area contributed by atoms with Gasteiger partial charge in [-0.25, -0.2) is 4.39 Å². The molecule has 0 aliphatic rings. The van der Waals surface area contributed by atoms with E-state index in [1.54, 1.807) is 0 Å². The molecule has 2 aromatic rings. The zero-order valence-corrected chi connectivity index (χ0v) is 8.96. The Hall–Kier alpha value is -2.57. The Morgan fingerprint density at radius 2 is 1.94 bits per heavy atom. The number of ketones is 1. The average Bonchev–Trinajstić information content (AvgIpc) is 2.76. The van der Waals surface area contributed by atoms with Crippen LogP contribution in [0, 0.1) is 5.82 Å². The molecule has 0 aliphatic heterocycles. The number of hydrogen-bond donors (Lipinski definition) is 1. The Morgan fingerprint density at radius 3 is 2.56 bits per heavy atom. The van der Waals surface area contributed by atoms with Gasteiger partial charge in [0, 0.05) is 5.56 Å². The third-order valence-corrected chi connectivity index (χ3v) is 2.08. The molecular weight excluding hydrogens is 243 g/mol.